The number of hydrogen-bond acceptors (Lipinski definition) is 4. The van der Waals surface area contributed by atoms with Gasteiger partial charge in [-0.15, -0.1) is 0 Å². The van der Waals surface area contributed by atoms with E-state index in [4.69, 9.17) is 14.4 Å². The minimum atomic E-state index is -0.365. The molecule has 4 nitrogen and oxygen atoms in total. The number of fused-ring (bicyclic) bond motifs is 6. The molecule has 1 aliphatic rings. The fourth-order valence-corrected chi connectivity index (χ4v) is 8.29. The highest BCUT2D eigenvalue weighted by Gasteiger charge is 2.25. The molecular weight excluding hydrogens is 671 g/mol. The Kier molecular flexibility index (Phi) is 7.20. The van der Waals surface area contributed by atoms with Gasteiger partial charge in [-0.3, -0.25) is 0 Å². The molecule has 0 aliphatic carbocycles. The van der Waals surface area contributed by atoms with E-state index in [2.05, 4.69) is 193 Å². The van der Waals surface area contributed by atoms with Crippen molar-refractivity contribution in [1.29, 1.82) is 0 Å². The van der Waals surface area contributed by atoms with Gasteiger partial charge in [0.2, 0.25) is 0 Å². The van der Waals surface area contributed by atoms with Crippen LogP contribution in [0.1, 0.15) is 22.9 Å². The van der Waals surface area contributed by atoms with E-state index in [9.17, 15) is 0 Å². The number of rotatable bonds is 5. The second-order valence-corrected chi connectivity index (χ2v) is 14.2. The van der Waals surface area contributed by atoms with Crippen molar-refractivity contribution < 1.29 is 4.42 Å². The van der Waals surface area contributed by atoms with Gasteiger partial charge >= 0.3 is 0 Å². The summed E-state index contributed by atoms with van der Waals surface area (Å²) in [6, 6.07) is 66.4. The first-order valence-electron chi connectivity index (χ1n) is 18.7. The van der Waals surface area contributed by atoms with E-state index >= 15 is 0 Å². The lowest BCUT2D eigenvalue weighted by Gasteiger charge is -2.24. The number of aliphatic imine (C=N–C) groups is 2. The molecule has 0 amide bonds. The van der Waals surface area contributed by atoms with Crippen LogP contribution in [0.3, 0.4) is 0 Å². The van der Waals surface area contributed by atoms with E-state index in [-0.39, 0.29) is 6.17 Å². The van der Waals surface area contributed by atoms with Crippen molar-refractivity contribution in [3.05, 3.63) is 205 Å². The highest BCUT2D eigenvalue weighted by atomic mass is 16.3. The van der Waals surface area contributed by atoms with Gasteiger partial charge in [-0.2, -0.15) is 0 Å². The predicted molar refractivity (Wildman–Crippen MR) is 229 cm³/mol. The fraction of sp³-hybridized carbons (Fsp3) is 0.0196. The quantitative estimate of drug-likeness (QED) is 0.194. The Morgan fingerprint density at radius 2 is 0.964 bits per heavy atom. The molecule has 1 unspecified atom stereocenters. The van der Waals surface area contributed by atoms with Crippen LogP contribution in [-0.2, 0) is 0 Å². The summed E-state index contributed by atoms with van der Waals surface area (Å²) in [5.74, 6) is 1.43. The van der Waals surface area contributed by atoms with Crippen LogP contribution in [0.5, 0.6) is 0 Å². The van der Waals surface area contributed by atoms with Crippen LogP contribution in [0.15, 0.2) is 202 Å². The first-order valence-corrected chi connectivity index (χ1v) is 18.7. The Balaban J connectivity index is 1.09. The van der Waals surface area contributed by atoms with E-state index in [1.807, 2.05) is 0 Å². The molecule has 0 saturated carbocycles. The van der Waals surface area contributed by atoms with Gasteiger partial charge in [-0.25, -0.2) is 9.98 Å². The molecule has 0 fully saturated rings. The van der Waals surface area contributed by atoms with E-state index < -0.39 is 0 Å². The van der Waals surface area contributed by atoms with Crippen molar-refractivity contribution in [2.45, 2.75) is 6.17 Å². The SMILES string of the molecule is c1ccc2cc(C3N=C(c4ccc(-c5cccc6ccccc56)cc4)N=C(c4cccc5oc6cccc(-c7cccc8ccccc78)c6c45)N3)ccc2c1. The average Bonchev–Trinajstić information content (AvgIpc) is 3.65. The molecule has 0 saturated heterocycles. The highest BCUT2D eigenvalue weighted by molar-refractivity contribution is 6.25. The van der Waals surface area contributed by atoms with Gasteiger partial charge in [0.15, 0.2) is 5.84 Å². The minimum Gasteiger partial charge on any atom is -0.456 e. The van der Waals surface area contributed by atoms with Crippen molar-refractivity contribution in [1.82, 2.24) is 5.32 Å². The van der Waals surface area contributed by atoms with Crippen molar-refractivity contribution >= 4 is 65.9 Å². The van der Waals surface area contributed by atoms with Crippen molar-refractivity contribution in [2.75, 3.05) is 0 Å². The van der Waals surface area contributed by atoms with Crippen LogP contribution in [0, 0.1) is 0 Å². The van der Waals surface area contributed by atoms with Gasteiger partial charge in [0.1, 0.15) is 23.2 Å². The number of nitrogens with zero attached hydrogens (tertiary/aromatic N) is 2. The largest absolute Gasteiger partial charge is 0.456 e. The van der Waals surface area contributed by atoms with Crippen LogP contribution in [0.2, 0.25) is 0 Å². The monoisotopic (exact) mass is 703 g/mol. The van der Waals surface area contributed by atoms with E-state index in [1.54, 1.807) is 0 Å². The summed E-state index contributed by atoms with van der Waals surface area (Å²) in [5.41, 5.74) is 9.30. The summed E-state index contributed by atoms with van der Waals surface area (Å²) >= 11 is 0. The van der Waals surface area contributed by atoms with Crippen molar-refractivity contribution in [3.8, 4) is 22.3 Å². The van der Waals surface area contributed by atoms with E-state index in [1.165, 1.54) is 43.4 Å². The number of benzene rings is 9. The molecule has 4 heteroatoms. The predicted octanol–water partition coefficient (Wildman–Crippen LogP) is 12.9. The lowest BCUT2D eigenvalue weighted by Crippen LogP contribution is -2.33. The van der Waals surface area contributed by atoms with Crippen molar-refractivity contribution in [3.63, 3.8) is 0 Å². The lowest BCUT2D eigenvalue weighted by molar-refractivity contribution is 0.668. The molecule has 0 bridgehead atoms. The van der Waals surface area contributed by atoms with Gasteiger partial charge in [0, 0.05) is 21.9 Å². The molecule has 2 heterocycles. The number of amidine groups is 2. The number of nitrogens with one attached hydrogen (secondary N) is 1. The average molecular weight is 704 g/mol. The third-order valence-corrected chi connectivity index (χ3v) is 10.9. The number of furan rings is 1. The Labute approximate surface area is 317 Å². The molecule has 11 rings (SSSR count). The minimum absolute atomic E-state index is 0.365. The second kappa shape index (κ2) is 12.7. The van der Waals surface area contributed by atoms with Gasteiger partial charge in [-0.1, -0.05) is 170 Å². The first-order chi connectivity index (χ1) is 27.2. The van der Waals surface area contributed by atoms with Crippen LogP contribution >= 0.6 is 0 Å². The standard InChI is InChI=1S/C51H33N3O/c1-2-14-37-31-38(30-25-32(37)11-1)50-52-49(36-28-26-35(27-29-36)40-19-7-15-33-12-3-5-17-39(33)40)53-51(54-50)44-22-10-24-46-48(44)47-43(21-9-23-45(47)55-46)42-20-8-16-34-13-4-6-18-41(34)42/h1-31,50H,(H,52,53,54). The number of hydrogen-bond donors (Lipinski definition) is 1. The molecule has 9 aromatic carbocycles. The summed E-state index contributed by atoms with van der Waals surface area (Å²) in [5, 5.41) is 13.1. The fourth-order valence-electron chi connectivity index (χ4n) is 8.29. The summed E-state index contributed by atoms with van der Waals surface area (Å²) < 4.78 is 6.60. The van der Waals surface area contributed by atoms with Gasteiger partial charge < -0.3 is 9.73 Å². The van der Waals surface area contributed by atoms with Crippen LogP contribution < -0.4 is 5.32 Å². The Hall–Kier alpha value is -7.30. The summed E-state index contributed by atoms with van der Waals surface area (Å²) in [6.07, 6.45) is -0.365. The molecule has 55 heavy (non-hydrogen) atoms. The molecule has 1 N–H and O–H groups in total. The molecule has 10 aromatic rings. The maximum atomic E-state index is 6.60. The zero-order valence-corrected chi connectivity index (χ0v) is 29.8. The van der Waals surface area contributed by atoms with Crippen LogP contribution in [0.4, 0.5) is 0 Å². The molecule has 0 radical (unpaired) electrons. The zero-order valence-electron chi connectivity index (χ0n) is 29.8. The summed E-state index contributed by atoms with van der Waals surface area (Å²) in [4.78, 5) is 10.6. The Morgan fingerprint density at radius 1 is 0.418 bits per heavy atom. The van der Waals surface area contributed by atoms with Gasteiger partial charge in [0.25, 0.3) is 0 Å². The first kappa shape index (κ1) is 31.2. The molecule has 1 aliphatic heterocycles. The lowest BCUT2D eigenvalue weighted by atomic mass is 9.93. The van der Waals surface area contributed by atoms with Gasteiger partial charge in [-0.05, 0) is 78.3 Å². The van der Waals surface area contributed by atoms with E-state index in [0.29, 0.717) is 5.84 Å². The third kappa shape index (κ3) is 5.30. The van der Waals surface area contributed by atoms with Crippen molar-refractivity contribution in [2.24, 2.45) is 9.98 Å². The zero-order chi connectivity index (χ0) is 36.3. The highest BCUT2D eigenvalue weighted by Crippen LogP contribution is 2.41. The summed E-state index contributed by atoms with van der Waals surface area (Å²) in [6.45, 7) is 0. The molecule has 0 spiro atoms. The molecule has 1 atom stereocenters. The normalized spacial score (nSPS) is 14.4. The molecular formula is C51H33N3O. The summed E-state index contributed by atoms with van der Waals surface area (Å²) in [7, 11) is 0. The second-order valence-electron chi connectivity index (χ2n) is 14.2. The Bertz CT molecular complexity index is 3180. The van der Waals surface area contributed by atoms with E-state index in [0.717, 1.165) is 55.6 Å². The van der Waals surface area contributed by atoms with Crippen LogP contribution in [0.25, 0.3) is 76.5 Å². The maximum absolute atomic E-state index is 6.60. The van der Waals surface area contributed by atoms with Gasteiger partial charge in [0.05, 0.1) is 0 Å². The van der Waals surface area contributed by atoms with Crippen LogP contribution in [-0.4, -0.2) is 11.7 Å². The topological polar surface area (TPSA) is 49.9 Å². The maximum Gasteiger partial charge on any atom is 0.159 e. The smallest absolute Gasteiger partial charge is 0.159 e. The molecule has 258 valence electrons. The molecule has 1 aromatic heterocycles. The Morgan fingerprint density at radius 3 is 1.71 bits per heavy atom. The third-order valence-electron chi connectivity index (χ3n) is 10.9.